The van der Waals surface area contributed by atoms with Crippen molar-refractivity contribution >= 4 is 11.8 Å². The Morgan fingerprint density at radius 3 is 2.25 bits per heavy atom. The molecule has 0 saturated carbocycles. The molecule has 24 heavy (non-hydrogen) atoms. The molecule has 1 atom stereocenters. The average molecular weight is 356 g/mol. The summed E-state index contributed by atoms with van der Waals surface area (Å²) in [5, 5.41) is 9.16. The minimum Gasteiger partial charge on any atom is -0.379 e. The second kappa shape index (κ2) is 8.20. The molecular weight excluding hydrogens is 322 g/mol. The van der Waals surface area contributed by atoms with Crippen LogP contribution in [0.3, 0.4) is 0 Å². The van der Waals surface area contributed by atoms with Crippen molar-refractivity contribution in [2.24, 2.45) is 0 Å². The van der Waals surface area contributed by atoms with E-state index < -0.39 is 0 Å². The van der Waals surface area contributed by atoms with E-state index in [0.717, 1.165) is 45.9 Å². The Morgan fingerprint density at radius 1 is 0.792 bits per heavy atom. The molecule has 0 spiro atoms. The molecule has 0 radical (unpaired) electrons. The van der Waals surface area contributed by atoms with Crippen LogP contribution < -0.4 is 5.32 Å². The van der Waals surface area contributed by atoms with Gasteiger partial charge >= 0.3 is 0 Å². The fourth-order valence-corrected chi connectivity index (χ4v) is 5.68. The lowest BCUT2D eigenvalue weighted by Crippen LogP contribution is -2.81. The van der Waals surface area contributed by atoms with Crippen molar-refractivity contribution in [3.8, 4) is 0 Å². The first-order chi connectivity index (χ1) is 11.9. The predicted molar refractivity (Wildman–Crippen MR) is 99.0 cm³/mol. The summed E-state index contributed by atoms with van der Waals surface area (Å²) in [6.07, 6.45) is 4.08. The van der Waals surface area contributed by atoms with Crippen molar-refractivity contribution in [3.05, 3.63) is 0 Å². The molecule has 4 saturated heterocycles. The zero-order valence-electron chi connectivity index (χ0n) is 14.9. The van der Waals surface area contributed by atoms with E-state index in [0.29, 0.717) is 0 Å². The maximum Gasteiger partial charge on any atom is 0.157 e. The lowest BCUT2D eigenvalue weighted by atomic mass is 10.0. The summed E-state index contributed by atoms with van der Waals surface area (Å²) >= 11 is 2.10. The molecule has 0 aromatic heterocycles. The molecule has 4 aliphatic heterocycles. The van der Waals surface area contributed by atoms with Crippen LogP contribution in [-0.4, -0.2) is 109 Å². The van der Waals surface area contributed by atoms with Crippen LogP contribution in [-0.2, 0) is 4.74 Å². The topological polar surface area (TPSA) is 34.2 Å². The molecule has 4 heterocycles. The lowest BCUT2D eigenvalue weighted by molar-refractivity contribution is -0.267. The number of hydrogen-bond donors (Lipinski definition) is 1. The van der Waals surface area contributed by atoms with Crippen LogP contribution in [0, 0.1) is 0 Å². The fraction of sp³-hybridized carbons (Fsp3) is 1.00. The highest BCUT2D eigenvalue weighted by molar-refractivity contribution is 7.99. The maximum absolute atomic E-state index is 5.69. The van der Waals surface area contributed by atoms with Gasteiger partial charge in [-0.3, -0.25) is 9.80 Å². The number of piperidine rings is 1. The van der Waals surface area contributed by atoms with Gasteiger partial charge in [0.1, 0.15) is 0 Å². The minimum atomic E-state index is 0.0183. The summed E-state index contributed by atoms with van der Waals surface area (Å²) in [6, 6.07) is 0. The van der Waals surface area contributed by atoms with Gasteiger partial charge in [-0.1, -0.05) is 6.42 Å². The third-order valence-electron chi connectivity index (χ3n) is 5.98. The zero-order chi connectivity index (χ0) is 16.2. The largest absolute Gasteiger partial charge is 0.379 e. The molecule has 4 fully saturated rings. The molecular formula is C17H33N5OS. The van der Waals surface area contributed by atoms with Crippen LogP contribution in [0.2, 0.25) is 0 Å². The highest BCUT2D eigenvalue weighted by atomic mass is 32.2. The predicted octanol–water partition coefficient (Wildman–Crippen LogP) is 0.327. The number of piperazine rings is 1. The minimum absolute atomic E-state index is 0.0183. The van der Waals surface area contributed by atoms with Crippen molar-refractivity contribution in [2.75, 3.05) is 83.6 Å². The number of hydrazine groups is 1. The summed E-state index contributed by atoms with van der Waals surface area (Å²) in [5.74, 6) is 2.55. The maximum atomic E-state index is 5.69. The smallest absolute Gasteiger partial charge is 0.157 e. The van der Waals surface area contributed by atoms with Gasteiger partial charge < -0.3 is 10.1 Å². The van der Waals surface area contributed by atoms with Crippen molar-refractivity contribution in [1.29, 1.82) is 0 Å². The van der Waals surface area contributed by atoms with Crippen LogP contribution in [0.15, 0.2) is 0 Å². The average Bonchev–Trinajstić information content (AvgIpc) is 2.70. The number of morpholine rings is 1. The lowest BCUT2D eigenvalue weighted by Gasteiger charge is -2.62. The van der Waals surface area contributed by atoms with Crippen LogP contribution in [0.25, 0.3) is 0 Å². The van der Waals surface area contributed by atoms with Crippen molar-refractivity contribution in [2.45, 2.75) is 25.0 Å². The molecule has 4 aliphatic rings. The summed E-state index contributed by atoms with van der Waals surface area (Å²) in [6.45, 7) is 12.0. The summed E-state index contributed by atoms with van der Waals surface area (Å²) in [5.41, 5.74) is 0. The molecule has 0 aromatic carbocycles. The first kappa shape index (κ1) is 17.5. The molecule has 0 aromatic rings. The zero-order valence-corrected chi connectivity index (χ0v) is 15.7. The van der Waals surface area contributed by atoms with Gasteiger partial charge in [-0.15, -0.1) is 0 Å². The SMILES string of the molecule is C1CCN(C2(N3CCOCC3)CNCCN2N2CCSCC2)CC1. The second-order valence-electron chi connectivity index (χ2n) is 7.29. The molecule has 7 heteroatoms. The van der Waals surface area contributed by atoms with E-state index in [1.165, 1.54) is 56.9 Å². The van der Waals surface area contributed by atoms with Gasteiger partial charge in [0.05, 0.1) is 13.2 Å². The Morgan fingerprint density at radius 2 is 1.50 bits per heavy atom. The van der Waals surface area contributed by atoms with E-state index in [4.69, 9.17) is 4.74 Å². The Hall–Kier alpha value is 0.110. The van der Waals surface area contributed by atoms with Gasteiger partial charge in [-0.25, -0.2) is 10.0 Å². The summed E-state index contributed by atoms with van der Waals surface area (Å²) in [7, 11) is 0. The highest BCUT2D eigenvalue weighted by Gasteiger charge is 2.51. The molecule has 1 N–H and O–H groups in total. The van der Waals surface area contributed by atoms with Crippen LogP contribution >= 0.6 is 11.8 Å². The molecule has 4 rings (SSSR count). The fourth-order valence-electron chi connectivity index (χ4n) is 4.80. The Kier molecular flexibility index (Phi) is 5.99. The summed E-state index contributed by atoms with van der Waals surface area (Å²) in [4.78, 5) is 5.51. The van der Waals surface area contributed by atoms with E-state index in [-0.39, 0.29) is 5.79 Å². The van der Waals surface area contributed by atoms with Crippen LogP contribution in [0.4, 0.5) is 0 Å². The number of hydrogen-bond acceptors (Lipinski definition) is 7. The van der Waals surface area contributed by atoms with E-state index in [2.05, 4.69) is 36.9 Å². The van der Waals surface area contributed by atoms with E-state index in [1.54, 1.807) is 0 Å². The van der Waals surface area contributed by atoms with E-state index in [9.17, 15) is 0 Å². The molecule has 0 bridgehead atoms. The van der Waals surface area contributed by atoms with Crippen molar-refractivity contribution in [1.82, 2.24) is 25.1 Å². The number of nitrogens with zero attached hydrogens (tertiary/aromatic N) is 4. The highest BCUT2D eigenvalue weighted by Crippen LogP contribution is 2.33. The number of likely N-dealkylation sites (tertiary alicyclic amines) is 1. The van der Waals surface area contributed by atoms with Crippen LogP contribution in [0.1, 0.15) is 19.3 Å². The van der Waals surface area contributed by atoms with Crippen molar-refractivity contribution < 1.29 is 4.74 Å². The van der Waals surface area contributed by atoms with E-state index in [1.807, 2.05) is 0 Å². The molecule has 6 nitrogen and oxygen atoms in total. The van der Waals surface area contributed by atoms with Gasteiger partial charge in [-0.05, 0) is 12.8 Å². The quantitative estimate of drug-likeness (QED) is 0.781. The number of thioether (sulfide) groups is 1. The Labute approximate surface area is 150 Å². The second-order valence-corrected chi connectivity index (χ2v) is 8.51. The number of ether oxygens (including phenoxy) is 1. The Bertz CT molecular complexity index is 376. The van der Waals surface area contributed by atoms with E-state index >= 15 is 0 Å². The Balaban J connectivity index is 1.64. The van der Waals surface area contributed by atoms with Gasteiger partial charge in [-0.2, -0.15) is 11.8 Å². The summed E-state index contributed by atoms with van der Waals surface area (Å²) < 4.78 is 5.69. The molecule has 0 aliphatic carbocycles. The third kappa shape index (κ3) is 3.37. The molecule has 0 amide bonds. The monoisotopic (exact) mass is 355 g/mol. The number of nitrogens with one attached hydrogen (secondary N) is 1. The van der Waals surface area contributed by atoms with Gasteiger partial charge in [0.2, 0.25) is 0 Å². The number of rotatable bonds is 3. The first-order valence-corrected chi connectivity index (χ1v) is 11.0. The standard InChI is InChI=1S/C17H33N5OS/c1-2-5-19(6-3-1)17(20-8-12-23-13-9-20)16-18-4-7-22(17)21-10-14-24-15-11-21/h18H,1-16H2. The van der Waals surface area contributed by atoms with Gasteiger partial charge in [0, 0.05) is 70.4 Å². The van der Waals surface area contributed by atoms with Gasteiger partial charge in [0.15, 0.2) is 5.79 Å². The third-order valence-corrected chi connectivity index (χ3v) is 6.93. The van der Waals surface area contributed by atoms with Gasteiger partial charge in [0.25, 0.3) is 0 Å². The first-order valence-electron chi connectivity index (χ1n) is 9.80. The van der Waals surface area contributed by atoms with Crippen LogP contribution in [0.5, 0.6) is 0 Å². The normalized spacial score (nSPS) is 36.0. The molecule has 1 unspecified atom stereocenters. The van der Waals surface area contributed by atoms with Crippen molar-refractivity contribution in [3.63, 3.8) is 0 Å². The molecule has 138 valence electrons.